The molecule has 1 amide bonds. The molecule has 1 N–H and O–H groups in total. The van der Waals surface area contributed by atoms with Gasteiger partial charge in [0, 0.05) is 5.56 Å². The molecule has 6 heteroatoms. The van der Waals surface area contributed by atoms with Gasteiger partial charge in [0.1, 0.15) is 6.54 Å². The van der Waals surface area contributed by atoms with Gasteiger partial charge in [-0.3, -0.25) is 4.79 Å². The molecular weight excluding hydrogens is 350 g/mol. The number of carbonyl (C=O) groups is 1. The summed E-state index contributed by atoms with van der Waals surface area (Å²) in [6.07, 6.45) is 0. The molecule has 1 atom stereocenters. The molecule has 1 heterocycles. The van der Waals surface area contributed by atoms with Gasteiger partial charge in [-0.1, -0.05) is 66.2 Å². The van der Waals surface area contributed by atoms with E-state index in [9.17, 15) is 4.79 Å². The number of hydrogen-bond donors (Lipinski definition) is 1. The lowest BCUT2D eigenvalue weighted by Crippen LogP contribution is -2.30. The van der Waals surface area contributed by atoms with Crippen molar-refractivity contribution in [1.29, 1.82) is 0 Å². The second-order valence-electron chi connectivity index (χ2n) is 6.91. The Morgan fingerprint density at radius 3 is 2.57 bits per heavy atom. The van der Waals surface area contributed by atoms with Crippen LogP contribution in [-0.4, -0.2) is 26.1 Å². The number of aromatic nitrogens is 4. The summed E-state index contributed by atoms with van der Waals surface area (Å²) >= 11 is 0. The number of tetrazole rings is 1. The summed E-state index contributed by atoms with van der Waals surface area (Å²) < 4.78 is 0. The fourth-order valence-corrected chi connectivity index (χ4v) is 3.10. The van der Waals surface area contributed by atoms with Gasteiger partial charge in [0.25, 0.3) is 0 Å². The Kier molecular flexibility index (Phi) is 4.85. The van der Waals surface area contributed by atoms with Crippen molar-refractivity contribution >= 4 is 16.7 Å². The van der Waals surface area contributed by atoms with Crippen LogP contribution >= 0.6 is 0 Å². The highest BCUT2D eigenvalue weighted by atomic mass is 16.2. The highest BCUT2D eigenvalue weighted by Crippen LogP contribution is 2.20. The lowest BCUT2D eigenvalue weighted by atomic mass is 10.0. The van der Waals surface area contributed by atoms with Crippen molar-refractivity contribution in [3.63, 3.8) is 0 Å². The van der Waals surface area contributed by atoms with Crippen LogP contribution in [0.5, 0.6) is 0 Å². The van der Waals surface area contributed by atoms with Gasteiger partial charge in [0.15, 0.2) is 0 Å². The maximum absolute atomic E-state index is 12.4. The maximum atomic E-state index is 12.4. The molecule has 0 spiro atoms. The molecule has 0 aliphatic rings. The van der Waals surface area contributed by atoms with Crippen LogP contribution in [0, 0.1) is 6.92 Å². The number of hydrogen-bond acceptors (Lipinski definition) is 4. The third-order valence-corrected chi connectivity index (χ3v) is 4.70. The first-order valence-electron chi connectivity index (χ1n) is 9.21. The van der Waals surface area contributed by atoms with E-state index >= 15 is 0 Å². The van der Waals surface area contributed by atoms with Crippen LogP contribution in [0.2, 0.25) is 0 Å². The van der Waals surface area contributed by atoms with E-state index in [2.05, 4.69) is 45.0 Å². The highest BCUT2D eigenvalue weighted by Gasteiger charge is 2.13. The number of nitrogens with one attached hydrogen (secondary N) is 1. The maximum Gasteiger partial charge on any atom is 0.244 e. The molecule has 0 bridgehead atoms. The van der Waals surface area contributed by atoms with Crippen molar-refractivity contribution in [2.75, 3.05) is 0 Å². The fraction of sp³-hybridized carbons (Fsp3) is 0.182. The fourth-order valence-electron chi connectivity index (χ4n) is 3.10. The average Bonchev–Trinajstić information content (AvgIpc) is 3.16. The molecule has 1 unspecified atom stereocenters. The molecular formula is C22H21N5O. The normalized spacial score (nSPS) is 12.1. The van der Waals surface area contributed by atoms with Crippen molar-refractivity contribution in [3.8, 4) is 11.4 Å². The minimum atomic E-state index is -0.159. The van der Waals surface area contributed by atoms with E-state index < -0.39 is 0 Å². The zero-order chi connectivity index (χ0) is 19.5. The summed E-state index contributed by atoms with van der Waals surface area (Å²) in [5, 5.41) is 17.7. The summed E-state index contributed by atoms with van der Waals surface area (Å²) in [6.45, 7) is 4.01. The number of amides is 1. The number of carbonyl (C=O) groups excluding carboxylic acids is 1. The first-order valence-corrected chi connectivity index (χ1v) is 9.21. The van der Waals surface area contributed by atoms with Crippen LogP contribution < -0.4 is 5.32 Å². The molecule has 4 aromatic rings. The van der Waals surface area contributed by atoms with Gasteiger partial charge < -0.3 is 5.32 Å². The predicted octanol–water partition coefficient (Wildman–Crippen LogP) is 3.68. The predicted molar refractivity (Wildman–Crippen MR) is 108 cm³/mol. The van der Waals surface area contributed by atoms with E-state index in [1.807, 2.05) is 56.3 Å². The van der Waals surface area contributed by atoms with Crippen LogP contribution in [0.25, 0.3) is 22.2 Å². The average molecular weight is 371 g/mol. The Morgan fingerprint density at radius 1 is 1.04 bits per heavy atom. The topological polar surface area (TPSA) is 72.7 Å². The van der Waals surface area contributed by atoms with Crippen LogP contribution in [0.1, 0.15) is 24.1 Å². The molecule has 28 heavy (non-hydrogen) atoms. The lowest BCUT2D eigenvalue weighted by Gasteiger charge is -2.14. The second kappa shape index (κ2) is 7.60. The third kappa shape index (κ3) is 3.91. The van der Waals surface area contributed by atoms with Crippen LogP contribution in [0.4, 0.5) is 0 Å². The van der Waals surface area contributed by atoms with E-state index in [1.54, 1.807) is 0 Å². The number of nitrogens with zero attached hydrogens (tertiary/aromatic N) is 4. The zero-order valence-electron chi connectivity index (χ0n) is 15.8. The summed E-state index contributed by atoms with van der Waals surface area (Å²) in [4.78, 5) is 13.7. The number of fused-ring (bicyclic) bond motifs is 1. The Balaban J connectivity index is 1.41. The van der Waals surface area contributed by atoms with Crippen molar-refractivity contribution in [2.24, 2.45) is 0 Å². The van der Waals surface area contributed by atoms with Gasteiger partial charge in [0.05, 0.1) is 6.04 Å². The minimum absolute atomic E-state index is 0.0246. The lowest BCUT2D eigenvalue weighted by molar-refractivity contribution is -0.122. The Hall–Kier alpha value is -3.54. The van der Waals surface area contributed by atoms with E-state index in [4.69, 9.17) is 0 Å². The molecule has 0 aliphatic heterocycles. The number of rotatable bonds is 5. The van der Waals surface area contributed by atoms with Gasteiger partial charge >= 0.3 is 0 Å². The number of aryl methyl sites for hydroxylation is 1. The molecule has 0 fully saturated rings. The minimum Gasteiger partial charge on any atom is -0.348 e. The molecule has 4 rings (SSSR count). The van der Waals surface area contributed by atoms with Crippen LogP contribution in [-0.2, 0) is 11.3 Å². The summed E-state index contributed by atoms with van der Waals surface area (Å²) in [7, 11) is 0. The first kappa shape index (κ1) is 17.9. The SMILES string of the molecule is Cc1ccc(-c2nnn(CC(=O)NC(C)c3ccc4ccccc4c3)n2)cc1. The quantitative estimate of drug-likeness (QED) is 0.581. The van der Waals surface area contributed by atoms with E-state index in [-0.39, 0.29) is 18.5 Å². The van der Waals surface area contributed by atoms with Crippen molar-refractivity contribution in [3.05, 3.63) is 77.9 Å². The monoisotopic (exact) mass is 371 g/mol. The van der Waals surface area contributed by atoms with Gasteiger partial charge in [-0.15, -0.1) is 10.2 Å². The number of benzene rings is 3. The van der Waals surface area contributed by atoms with E-state index in [0.717, 1.165) is 22.1 Å². The van der Waals surface area contributed by atoms with Crippen LogP contribution in [0.3, 0.4) is 0 Å². The summed E-state index contributed by atoms with van der Waals surface area (Å²) in [6, 6.07) is 22.1. The largest absolute Gasteiger partial charge is 0.348 e. The Bertz CT molecular complexity index is 1120. The molecule has 3 aromatic carbocycles. The van der Waals surface area contributed by atoms with Gasteiger partial charge in [-0.05, 0) is 41.5 Å². The van der Waals surface area contributed by atoms with Gasteiger partial charge in [-0.2, -0.15) is 4.80 Å². The van der Waals surface area contributed by atoms with Gasteiger partial charge in [0.2, 0.25) is 11.7 Å². The Labute approximate surface area is 163 Å². The smallest absolute Gasteiger partial charge is 0.244 e. The molecule has 0 aliphatic carbocycles. The molecule has 140 valence electrons. The zero-order valence-corrected chi connectivity index (χ0v) is 15.8. The molecule has 0 saturated carbocycles. The molecule has 0 saturated heterocycles. The standard InChI is InChI=1S/C22H21N5O/c1-15-7-9-18(10-8-15)22-24-26-27(25-22)14-21(28)23-16(2)19-12-11-17-5-3-4-6-20(17)13-19/h3-13,16H,14H2,1-2H3,(H,23,28). The third-order valence-electron chi connectivity index (χ3n) is 4.70. The van der Waals surface area contributed by atoms with Gasteiger partial charge in [-0.25, -0.2) is 0 Å². The summed E-state index contributed by atoms with van der Waals surface area (Å²) in [5.41, 5.74) is 3.10. The summed E-state index contributed by atoms with van der Waals surface area (Å²) in [5.74, 6) is 0.351. The van der Waals surface area contributed by atoms with Crippen molar-refractivity contribution in [1.82, 2.24) is 25.5 Å². The highest BCUT2D eigenvalue weighted by molar-refractivity contribution is 5.83. The van der Waals surface area contributed by atoms with E-state index in [0.29, 0.717) is 5.82 Å². The van der Waals surface area contributed by atoms with Crippen LogP contribution in [0.15, 0.2) is 66.7 Å². The van der Waals surface area contributed by atoms with Crippen molar-refractivity contribution in [2.45, 2.75) is 26.4 Å². The molecule has 1 aromatic heterocycles. The molecule has 6 nitrogen and oxygen atoms in total. The molecule has 0 radical (unpaired) electrons. The van der Waals surface area contributed by atoms with Crippen molar-refractivity contribution < 1.29 is 4.79 Å². The first-order chi connectivity index (χ1) is 13.6. The second-order valence-corrected chi connectivity index (χ2v) is 6.91. The Morgan fingerprint density at radius 2 is 1.79 bits per heavy atom. The van der Waals surface area contributed by atoms with E-state index in [1.165, 1.54) is 10.2 Å².